The Kier molecular flexibility index (Phi) is 5.88. The molecule has 2 fully saturated rings. The van der Waals surface area contributed by atoms with Gasteiger partial charge in [-0.1, -0.05) is 19.8 Å². The average molecular weight is 296 g/mol. The van der Waals surface area contributed by atoms with E-state index in [9.17, 15) is 9.59 Å². The molecule has 21 heavy (non-hydrogen) atoms. The van der Waals surface area contributed by atoms with E-state index in [2.05, 4.69) is 6.92 Å². The summed E-state index contributed by atoms with van der Waals surface area (Å²) in [5.74, 6) is -0.0448. The van der Waals surface area contributed by atoms with Crippen LogP contribution >= 0.6 is 0 Å². The first kappa shape index (κ1) is 16.1. The van der Waals surface area contributed by atoms with Gasteiger partial charge in [0.2, 0.25) is 0 Å². The Morgan fingerprint density at radius 3 is 2.43 bits per heavy atom. The monoisotopic (exact) mass is 296 g/mol. The van der Waals surface area contributed by atoms with Gasteiger partial charge in [0.25, 0.3) is 0 Å². The molecular formula is C16H28N2O3. The van der Waals surface area contributed by atoms with E-state index in [1.807, 2.05) is 9.80 Å². The lowest BCUT2D eigenvalue weighted by Crippen LogP contribution is -2.52. The van der Waals surface area contributed by atoms with Crippen LogP contribution in [0.1, 0.15) is 58.3 Å². The number of hydrogen-bond acceptors (Lipinski definition) is 2. The third-order valence-electron chi connectivity index (χ3n) is 4.87. The van der Waals surface area contributed by atoms with E-state index in [4.69, 9.17) is 5.11 Å². The fourth-order valence-corrected chi connectivity index (χ4v) is 3.67. The zero-order valence-electron chi connectivity index (χ0n) is 13.1. The van der Waals surface area contributed by atoms with Gasteiger partial charge in [0, 0.05) is 25.7 Å². The molecule has 0 aromatic rings. The van der Waals surface area contributed by atoms with Gasteiger partial charge >= 0.3 is 12.0 Å². The molecule has 2 saturated heterocycles. The highest BCUT2D eigenvalue weighted by Crippen LogP contribution is 2.25. The zero-order chi connectivity index (χ0) is 15.2. The molecule has 1 atom stereocenters. The molecule has 1 unspecified atom stereocenters. The van der Waals surface area contributed by atoms with Crippen molar-refractivity contribution in [1.29, 1.82) is 0 Å². The summed E-state index contributed by atoms with van der Waals surface area (Å²) in [5.41, 5.74) is 0. The Labute approximate surface area is 127 Å². The predicted molar refractivity (Wildman–Crippen MR) is 81.2 cm³/mol. The number of nitrogens with zero attached hydrogens (tertiary/aromatic N) is 2. The number of aliphatic carboxylic acids is 1. The summed E-state index contributed by atoms with van der Waals surface area (Å²) in [5, 5.41) is 9.02. The minimum atomic E-state index is -0.804. The van der Waals surface area contributed by atoms with Gasteiger partial charge in [-0.05, 0) is 38.0 Å². The largest absolute Gasteiger partial charge is 0.481 e. The second-order valence-electron chi connectivity index (χ2n) is 6.44. The summed E-state index contributed by atoms with van der Waals surface area (Å²) in [7, 11) is 0. The van der Waals surface area contributed by atoms with Crippen LogP contribution in [0, 0.1) is 5.92 Å². The van der Waals surface area contributed by atoms with E-state index < -0.39 is 5.97 Å². The Balaban J connectivity index is 1.90. The maximum Gasteiger partial charge on any atom is 0.320 e. The number of carboxylic acid groups (broad SMARTS) is 1. The van der Waals surface area contributed by atoms with Crippen LogP contribution in [0.25, 0.3) is 0 Å². The molecule has 0 radical (unpaired) electrons. The smallest absolute Gasteiger partial charge is 0.320 e. The van der Waals surface area contributed by atoms with Crippen molar-refractivity contribution in [2.24, 2.45) is 5.92 Å². The zero-order valence-corrected chi connectivity index (χ0v) is 13.1. The van der Waals surface area contributed by atoms with Crippen molar-refractivity contribution in [1.82, 2.24) is 9.80 Å². The van der Waals surface area contributed by atoms with Crippen molar-refractivity contribution < 1.29 is 14.7 Å². The van der Waals surface area contributed by atoms with E-state index in [1.54, 1.807) is 0 Å². The molecule has 0 aromatic carbocycles. The molecule has 120 valence electrons. The van der Waals surface area contributed by atoms with E-state index >= 15 is 0 Å². The molecule has 0 spiro atoms. The maximum absolute atomic E-state index is 12.7. The molecule has 0 aliphatic carbocycles. The van der Waals surface area contributed by atoms with Crippen LogP contribution in [0.15, 0.2) is 0 Å². The second kappa shape index (κ2) is 7.66. The lowest BCUT2D eigenvalue weighted by molar-refractivity contribution is -0.138. The van der Waals surface area contributed by atoms with E-state index in [1.165, 1.54) is 12.8 Å². The highest BCUT2D eigenvalue weighted by atomic mass is 16.4. The number of likely N-dealkylation sites (tertiary alicyclic amines) is 2. The lowest BCUT2D eigenvalue weighted by atomic mass is 9.92. The summed E-state index contributed by atoms with van der Waals surface area (Å²) in [6.45, 7) is 4.59. The summed E-state index contributed by atoms with van der Waals surface area (Å²) < 4.78 is 0. The van der Waals surface area contributed by atoms with Crippen LogP contribution in [0.2, 0.25) is 0 Å². The first-order valence-electron chi connectivity index (χ1n) is 8.39. The van der Waals surface area contributed by atoms with Gasteiger partial charge in [-0.15, -0.1) is 0 Å². The fourth-order valence-electron chi connectivity index (χ4n) is 3.67. The molecule has 2 aliphatic rings. The first-order valence-corrected chi connectivity index (χ1v) is 8.39. The molecule has 2 aliphatic heterocycles. The number of hydrogen-bond donors (Lipinski definition) is 1. The molecule has 2 rings (SSSR count). The van der Waals surface area contributed by atoms with Gasteiger partial charge in [-0.25, -0.2) is 4.79 Å². The van der Waals surface area contributed by atoms with E-state index in [-0.39, 0.29) is 18.5 Å². The minimum absolute atomic E-state index is 0.0656. The van der Waals surface area contributed by atoms with Gasteiger partial charge in [-0.2, -0.15) is 0 Å². The number of carboxylic acids is 1. The summed E-state index contributed by atoms with van der Waals surface area (Å²) in [6.07, 6.45) is 7.59. The molecule has 5 heteroatoms. The molecular weight excluding hydrogens is 268 g/mol. The van der Waals surface area contributed by atoms with Crippen LogP contribution in [-0.2, 0) is 4.79 Å². The van der Waals surface area contributed by atoms with E-state index in [0.29, 0.717) is 6.54 Å². The summed E-state index contributed by atoms with van der Waals surface area (Å²) >= 11 is 0. The molecule has 1 N–H and O–H groups in total. The van der Waals surface area contributed by atoms with Crippen LogP contribution in [0.3, 0.4) is 0 Å². The van der Waals surface area contributed by atoms with Gasteiger partial charge < -0.3 is 14.9 Å². The third-order valence-corrected chi connectivity index (χ3v) is 4.87. The number of carbonyl (C=O) groups is 2. The molecule has 5 nitrogen and oxygen atoms in total. The topological polar surface area (TPSA) is 60.9 Å². The van der Waals surface area contributed by atoms with Crippen molar-refractivity contribution in [2.45, 2.75) is 64.3 Å². The third kappa shape index (κ3) is 4.35. The van der Waals surface area contributed by atoms with Crippen molar-refractivity contribution in [3.63, 3.8) is 0 Å². The molecule has 2 amide bonds. The van der Waals surface area contributed by atoms with Gasteiger partial charge in [-0.3, -0.25) is 4.79 Å². The number of rotatable bonds is 4. The van der Waals surface area contributed by atoms with Crippen LogP contribution in [0.4, 0.5) is 4.79 Å². The normalized spacial score (nSPS) is 24.1. The van der Waals surface area contributed by atoms with Crippen molar-refractivity contribution in [3.05, 3.63) is 0 Å². The molecule has 0 aromatic heterocycles. The quantitative estimate of drug-likeness (QED) is 0.867. The van der Waals surface area contributed by atoms with Crippen LogP contribution in [-0.4, -0.2) is 52.6 Å². The Morgan fingerprint density at radius 1 is 1.10 bits per heavy atom. The minimum Gasteiger partial charge on any atom is -0.481 e. The fraction of sp³-hybridized carbons (Fsp3) is 0.875. The Morgan fingerprint density at radius 2 is 1.81 bits per heavy atom. The van der Waals surface area contributed by atoms with Gasteiger partial charge in [0.1, 0.15) is 0 Å². The summed E-state index contributed by atoms with van der Waals surface area (Å²) in [4.78, 5) is 27.4. The molecule has 0 saturated carbocycles. The van der Waals surface area contributed by atoms with Crippen LogP contribution < -0.4 is 0 Å². The van der Waals surface area contributed by atoms with Crippen molar-refractivity contribution >= 4 is 12.0 Å². The predicted octanol–water partition coefficient (Wildman–Crippen LogP) is 2.95. The average Bonchev–Trinajstić information content (AvgIpc) is 2.48. The first-order chi connectivity index (χ1) is 10.1. The number of amides is 2. The van der Waals surface area contributed by atoms with Crippen molar-refractivity contribution in [3.8, 4) is 0 Å². The number of piperidine rings is 2. The number of carbonyl (C=O) groups excluding carboxylic acids is 1. The second-order valence-corrected chi connectivity index (χ2v) is 6.44. The van der Waals surface area contributed by atoms with Crippen molar-refractivity contribution in [2.75, 3.05) is 19.6 Å². The highest BCUT2D eigenvalue weighted by molar-refractivity contribution is 5.76. The number of urea groups is 1. The lowest BCUT2D eigenvalue weighted by Gasteiger charge is -2.40. The van der Waals surface area contributed by atoms with Crippen LogP contribution in [0.5, 0.6) is 0 Å². The highest BCUT2D eigenvalue weighted by Gasteiger charge is 2.32. The Bertz CT molecular complexity index is 365. The van der Waals surface area contributed by atoms with E-state index in [0.717, 1.165) is 51.1 Å². The summed E-state index contributed by atoms with van der Waals surface area (Å²) in [6, 6.07) is -0.0481. The molecule has 2 heterocycles. The molecule has 0 bridgehead atoms. The van der Waals surface area contributed by atoms with Gasteiger partial charge in [0.15, 0.2) is 0 Å². The standard InChI is InChI=1S/C16H28N2O3/c1-2-5-13-7-10-17(11-8-13)16(21)18-9-4-3-6-14(18)12-15(19)20/h13-14H,2-12H2,1H3,(H,19,20). The SMILES string of the molecule is CCCC1CCN(C(=O)N2CCCCC2CC(=O)O)CC1. The van der Waals surface area contributed by atoms with Gasteiger partial charge in [0.05, 0.1) is 6.42 Å². The Hall–Kier alpha value is -1.26. The maximum atomic E-state index is 12.7.